The van der Waals surface area contributed by atoms with Crippen LogP contribution in [0, 0.1) is 5.82 Å². The third-order valence-corrected chi connectivity index (χ3v) is 2.53. The third-order valence-electron chi connectivity index (χ3n) is 2.53. The molecule has 0 aliphatic rings. The van der Waals surface area contributed by atoms with E-state index in [0.717, 1.165) is 0 Å². The SMILES string of the molecule is COC(=O)CCn1c(N)nc2c(F)cccc21. The fraction of sp³-hybridized carbons (Fsp3) is 0.273. The van der Waals surface area contributed by atoms with Crippen LogP contribution in [0.5, 0.6) is 0 Å². The summed E-state index contributed by atoms with van der Waals surface area (Å²) in [6.07, 6.45) is 0.169. The van der Waals surface area contributed by atoms with E-state index in [0.29, 0.717) is 12.1 Å². The monoisotopic (exact) mass is 237 g/mol. The van der Waals surface area contributed by atoms with E-state index in [9.17, 15) is 9.18 Å². The van der Waals surface area contributed by atoms with E-state index in [1.165, 1.54) is 13.2 Å². The minimum absolute atomic E-state index is 0.169. The molecule has 0 bridgehead atoms. The number of halogens is 1. The van der Waals surface area contributed by atoms with Gasteiger partial charge in [0.2, 0.25) is 5.95 Å². The number of ether oxygens (including phenoxy) is 1. The van der Waals surface area contributed by atoms with E-state index in [4.69, 9.17) is 5.73 Å². The smallest absolute Gasteiger partial charge is 0.307 e. The molecule has 1 heterocycles. The number of hydrogen-bond donors (Lipinski definition) is 1. The van der Waals surface area contributed by atoms with Gasteiger partial charge in [0.05, 0.1) is 19.0 Å². The molecule has 0 radical (unpaired) electrons. The van der Waals surface area contributed by atoms with Crippen molar-refractivity contribution in [2.24, 2.45) is 0 Å². The number of esters is 1. The van der Waals surface area contributed by atoms with E-state index in [-0.39, 0.29) is 23.9 Å². The van der Waals surface area contributed by atoms with Crippen molar-refractivity contribution in [3.8, 4) is 0 Å². The fourth-order valence-corrected chi connectivity index (χ4v) is 1.67. The number of para-hydroxylation sites is 1. The average molecular weight is 237 g/mol. The van der Waals surface area contributed by atoms with Crippen LogP contribution >= 0.6 is 0 Å². The first-order valence-corrected chi connectivity index (χ1v) is 5.10. The number of hydrogen-bond acceptors (Lipinski definition) is 4. The molecule has 17 heavy (non-hydrogen) atoms. The molecule has 90 valence electrons. The van der Waals surface area contributed by atoms with E-state index < -0.39 is 5.82 Å². The molecule has 0 spiro atoms. The lowest BCUT2D eigenvalue weighted by Crippen LogP contribution is -2.09. The lowest BCUT2D eigenvalue weighted by molar-refractivity contribution is -0.140. The van der Waals surface area contributed by atoms with E-state index >= 15 is 0 Å². The van der Waals surface area contributed by atoms with Gasteiger partial charge in [0.25, 0.3) is 0 Å². The zero-order valence-corrected chi connectivity index (χ0v) is 9.31. The van der Waals surface area contributed by atoms with Gasteiger partial charge in [0.15, 0.2) is 5.82 Å². The summed E-state index contributed by atoms with van der Waals surface area (Å²) in [5.41, 5.74) is 6.48. The number of aryl methyl sites for hydroxylation is 1. The molecule has 0 atom stereocenters. The van der Waals surface area contributed by atoms with Crippen LogP contribution in [0.15, 0.2) is 18.2 Å². The minimum atomic E-state index is -0.425. The summed E-state index contributed by atoms with van der Waals surface area (Å²) in [4.78, 5) is 15.0. The van der Waals surface area contributed by atoms with Crippen LogP contribution in [-0.4, -0.2) is 22.6 Å². The van der Waals surface area contributed by atoms with E-state index in [2.05, 4.69) is 9.72 Å². The van der Waals surface area contributed by atoms with Crippen molar-refractivity contribution in [2.45, 2.75) is 13.0 Å². The zero-order chi connectivity index (χ0) is 12.4. The molecular formula is C11H12FN3O2. The highest BCUT2D eigenvalue weighted by atomic mass is 19.1. The first-order valence-electron chi connectivity index (χ1n) is 5.10. The van der Waals surface area contributed by atoms with Crippen molar-refractivity contribution in [1.29, 1.82) is 0 Å². The summed E-state index contributed by atoms with van der Waals surface area (Å²) in [7, 11) is 1.32. The van der Waals surface area contributed by atoms with Gasteiger partial charge in [0, 0.05) is 6.54 Å². The van der Waals surface area contributed by atoms with Gasteiger partial charge in [-0.1, -0.05) is 6.07 Å². The Morgan fingerprint density at radius 1 is 1.59 bits per heavy atom. The number of nitrogens with zero attached hydrogens (tertiary/aromatic N) is 2. The maximum absolute atomic E-state index is 13.4. The van der Waals surface area contributed by atoms with Gasteiger partial charge < -0.3 is 15.0 Å². The Hall–Kier alpha value is -2.11. The second-order valence-corrected chi connectivity index (χ2v) is 3.56. The highest BCUT2D eigenvalue weighted by Gasteiger charge is 2.12. The van der Waals surface area contributed by atoms with Gasteiger partial charge >= 0.3 is 5.97 Å². The summed E-state index contributed by atoms with van der Waals surface area (Å²) < 4.78 is 19.6. The summed E-state index contributed by atoms with van der Waals surface area (Å²) in [5, 5.41) is 0. The highest BCUT2D eigenvalue weighted by Crippen LogP contribution is 2.20. The number of nitrogens with two attached hydrogens (primary N) is 1. The molecule has 0 amide bonds. The predicted molar refractivity (Wildman–Crippen MR) is 60.7 cm³/mol. The van der Waals surface area contributed by atoms with Crippen molar-refractivity contribution >= 4 is 23.0 Å². The fourth-order valence-electron chi connectivity index (χ4n) is 1.67. The Morgan fingerprint density at radius 3 is 3.06 bits per heavy atom. The molecule has 2 N–H and O–H groups in total. The molecule has 0 saturated carbocycles. The number of fused-ring (bicyclic) bond motifs is 1. The molecule has 5 nitrogen and oxygen atoms in total. The molecule has 0 aliphatic heterocycles. The summed E-state index contributed by atoms with van der Waals surface area (Å²) in [5.74, 6) is -0.581. The van der Waals surface area contributed by atoms with Gasteiger partial charge in [-0.05, 0) is 12.1 Å². The third kappa shape index (κ3) is 2.06. The van der Waals surface area contributed by atoms with Crippen LogP contribution in [0.2, 0.25) is 0 Å². The number of imidazole rings is 1. The topological polar surface area (TPSA) is 70.1 Å². The maximum Gasteiger partial charge on any atom is 0.307 e. The van der Waals surface area contributed by atoms with Crippen LogP contribution < -0.4 is 5.73 Å². The van der Waals surface area contributed by atoms with E-state index in [1.807, 2.05) is 0 Å². The Morgan fingerprint density at radius 2 is 2.35 bits per heavy atom. The molecule has 6 heteroatoms. The minimum Gasteiger partial charge on any atom is -0.469 e. The molecule has 0 aliphatic carbocycles. The molecule has 1 aromatic heterocycles. The second-order valence-electron chi connectivity index (χ2n) is 3.56. The molecular weight excluding hydrogens is 225 g/mol. The van der Waals surface area contributed by atoms with Gasteiger partial charge in [0.1, 0.15) is 5.52 Å². The Kier molecular flexibility index (Phi) is 2.95. The number of nitrogen functional groups attached to an aromatic ring is 1. The zero-order valence-electron chi connectivity index (χ0n) is 9.31. The number of methoxy groups -OCH3 is 1. The number of aromatic nitrogens is 2. The number of anilines is 1. The van der Waals surface area contributed by atoms with Gasteiger partial charge in [-0.3, -0.25) is 4.79 Å². The largest absolute Gasteiger partial charge is 0.469 e. The highest BCUT2D eigenvalue weighted by molar-refractivity contribution is 5.79. The van der Waals surface area contributed by atoms with Crippen LogP contribution in [0.3, 0.4) is 0 Å². The van der Waals surface area contributed by atoms with Gasteiger partial charge in [-0.25, -0.2) is 9.37 Å². The van der Waals surface area contributed by atoms with Crippen LogP contribution in [0.1, 0.15) is 6.42 Å². The summed E-state index contributed by atoms with van der Waals surface area (Å²) >= 11 is 0. The van der Waals surface area contributed by atoms with Crippen LogP contribution in [-0.2, 0) is 16.1 Å². The summed E-state index contributed by atoms with van der Waals surface area (Å²) in [6.45, 7) is 0.318. The Bertz CT molecular complexity index is 565. The second kappa shape index (κ2) is 4.40. The van der Waals surface area contributed by atoms with Crippen LogP contribution in [0.25, 0.3) is 11.0 Å². The van der Waals surface area contributed by atoms with Crippen molar-refractivity contribution in [2.75, 3.05) is 12.8 Å². The van der Waals surface area contributed by atoms with Gasteiger partial charge in [-0.2, -0.15) is 0 Å². The van der Waals surface area contributed by atoms with Crippen molar-refractivity contribution in [3.05, 3.63) is 24.0 Å². The predicted octanol–water partition coefficient (Wildman–Crippen LogP) is 1.32. The average Bonchev–Trinajstić information content (AvgIpc) is 2.64. The lowest BCUT2D eigenvalue weighted by Gasteiger charge is -2.04. The number of carbonyl (C=O) groups excluding carboxylic acids is 1. The standard InChI is InChI=1S/C11H12FN3O2/c1-17-9(16)5-6-15-8-4-2-3-7(12)10(8)14-11(15)13/h2-4H,5-6H2,1H3,(H2,13,14). The first-order chi connectivity index (χ1) is 8.13. The normalized spacial score (nSPS) is 10.7. The number of benzene rings is 1. The summed E-state index contributed by atoms with van der Waals surface area (Å²) in [6, 6.07) is 4.60. The lowest BCUT2D eigenvalue weighted by atomic mass is 10.3. The van der Waals surface area contributed by atoms with Crippen molar-refractivity contribution in [1.82, 2.24) is 9.55 Å². The first kappa shape index (κ1) is 11.4. The molecule has 0 saturated heterocycles. The number of rotatable bonds is 3. The molecule has 2 rings (SSSR count). The van der Waals surface area contributed by atoms with Crippen molar-refractivity contribution < 1.29 is 13.9 Å². The number of carbonyl (C=O) groups is 1. The Labute approximate surface area is 97.0 Å². The molecule has 2 aromatic rings. The quantitative estimate of drug-likeness (QED) is 0.817. The van der Waals surface area contributed by atoms with Crippen molar-refractivity contribution in [3.63, 3.8) is 0 Å². The maximum atomic E-state index is 13.4. The van der Waals surface area contributed by atoms with Crippen LogP contribution in [0.4, 0.5) is 10.3 Å². The molecule has 1 aromatic carbocycles. The van der Waals surface area contributed by atoms with E-state index in [1.54, 1.807) is 16.7 Å². The van der Waals surface area contributed by atoms with Gasteiger partial charge in [-0.15, -0.1) is 0 Å². The molecule has 0 fully saturated rings. The molecule has 0 unspecified atom stereocenters. The Balaban J connectivity index is 2.37.